The zero-order valence-electron chi connectivity index (χ0n) is 13.1. The maximum atomic E-state index is 10.7. The van der Waals surface area contributed by atoms with Crippen LogP contribution in [0.25, 0.3) is 11.4 Å². The van der Waals surface area contributed by atoms with E-state index in [9.17, 15) is 10.1 Å². The minimum atomic E-state index is -0.450. The number of nitrogens with one attached hydrogen (secondary N) is 1. The maximum Gasteiger partial charge on any atom is 0.269 e. The second kappa shape index (κ2) is 7.05. The Balaban J connectivity index is 1.91. The first-order chi connectivity index (χ1) is 12.1. The zero-order valence-corrected chi connectivity index (χ0v) is 13.9. The summed E-state index contributed by atoms with van der Waals surface area (Å²) >= 11 is 5.21. The number of hydrogen-bond acceptors (Lipinski definition) is 6. The van der Waals surface area contributed by atoms with Gasteiger partial charge in [-0.2, -0.15) is 14.9 Å². The van der Waals surface area contributed by atoms with Gasteiger partial charge in [0, 0.05) is 17.7 Å². The van der Waals surface area contributed by atoms with Crippen LogP contribution in [0, 0.1) is 14.9 Å². The van der Waals surface area contributed by atoms with Gasteiger partial charge in [-0.15, -0.1) is 0 Å². The predicted molar refractivity (Wildman–Crippen MR) is 95.5 cm³/mol. The molecule has 1 N–H and O–H groups in total. The zero-order chi connectivity index (χ0) is 17.8. The van der Waals surface area contributed by atoms with E-state index in [-0.39, 0.29) is 5.69 Å². The number of benzene rings is 2. The van der Waals surface area contributed by atoms with E-state index in [1.54, 1.807) is 25.5 Å². The van der Waals surface area contributed by atoms with E-state index < -0.39 is 4.92 Å². The topological polar surface area (TPSA) is 98.3 Å². The summed E-state index contributed by atoms with van der Waals surface area (Å²) in [6, 6.07) is 13.4. The second-order valence-electron chi connectivity index (χ2n) is 4.99. The molecule has 3 rings (SSSR count). The number of non-ortho nitro benzene ring substituents is 1. The highest BCUT2D eigenvalue weighted by atomic mass is 32.1. The maximum absolute atomic E-state index is 10.7. The van der Waals surface area contributed by atoms with Gasteiger partial charge in [0.25, 0.3) is 5.69 Å². The van der Waals surface area contributed by atoms with E-state index in [1.165, 1.54) is 16.8 Å². The van der Waals surface area contributed by atoms with Crippen LogP contribution in [0.1, 0.15) is 5.56 Å². The van der Waals surface area contributed by atoms with Gasteiger partial charge < -0.3 is 4.74 Å². The molecule has 8 nitrogen and oxygen atoms in total. The Labute approximate surface area is 147 Å². The van der Waals surface area contributed by atoms with Gasteiger partial charge in [0.15, 0.2) is 5.82 Å². The smallest absolute Gasteiger partial charge is 0.269 e. The van der Waals surface area contributed by atoms with E-state index >= 15 is 0 Å². The molecule has 25 heavy (non-hydrogen) atoms. The van der Waals surface area contributed by atoms with Crippen LogP contribution in [0.2, 0.25) is 0 Å². The average molecular weight is 355 g/mol. The molecule has 9 heteroatoms. The molecule has 2 aromatic carbocycles. The minimum absolute atomic E-state index is 0.0241. The van der Waals surface area contributed by atoms with Gasteiger partial charge in [-0.25, -0.2) is 5.10 Å². The van der Waals surface area contributed by atoms with Crippen molar-refractivity contribution in [3.8, 4) is 17.1 Å². The average Bonchev–Trinajstić information content (AvgIpc) is 3.01. The number of methoxy groups -OCH3 is 1. The van der Waals surface area contributed by atoms with Crippen LogP contribution in [-0.2, 0) is 0 Å². The molecule has 3 aromatic rings. The van der Waals surface area contributed by atoms with E-state index in [1.807, 2.05) is 24.3 Å². The second-order valence-corrected chi connectivity index (χ2v) is 5.37. The van der Waals surface area contributed by atoms with Crippen molar-refractivity contribution in [2.24, 2.45) is 5.10 Å². The van der Waals surface area contributed by atoms with Gasteiger partial charge >= 0.3 is 0 Å². The molecule has 0 atom stereocenters. The van der Waals surface area contributed by atoms with Crippen LogP contribution in [-0.4, -0.2) is 33.1 Å². The van der Waals surface area contributed by atoms with Crippen molar-refractivity contribution < 1.29 is 9.66 Å². The van der Waals surface area contributed by atoms with Gasteiger partial charge in [-0.05, 0) is 54.2 Å². The molecule has 0 radical (unpaired) electrons. The number of nitro groups is 1. The summed E-state index contributed by atoms with van der Waals surface area (Å²) in [5.74, 6) is 1.28. The largest absolute Gasteiger partial charge is 0.497 e. The van der Waals surface area contributed by atoms with E-state index in [0.717, 1.165) is 11.3 Å². The lowest BCUT2D eigenvalue weighted by atomic mass is 10.2. The Bertz CT molecular complexity index is 974. The molecule has 0 aliphatic carbocycles. The summed E-state index contributed by atoms with van der Waals surface area (Å²) < 4.78 is 6.96. The number of nitro benzene ring substituents is 1. The number of aromatic nitrogens is 3. The number of ether oxygens (including phenoxy) is 1. The summed E-state index contributed by atoms with van der Waals surface area (Å²) in [4.78, 5) is 10.2. The molecule has 0 bridgehead atoms. The first kappa shape index (κ1) is 16.5. The van der Waals surface area contributed by atoms with Crippen LogP contribution >= 0.6 is 12.2 Å². The van der Waals surface area contributed by atoms with E-state index in [0.29, 0.717) is 16.2 Å². The van der Waals surface area contributed by atoms with Crippen molar-refractivity contribution in [1.82, 2.24) is 14.9 Å². The molecule has 126 valence electrons. The Morgan fingerprint density at radius 1 is 1.24 bits per heavy atom. The molecule has 0 aliphatic rings. The number of H-pyrrole nitrogens is 1. The standard InChI is InChI=1S/C16H13N5O3S/c1-24-14-8-4-12(5-9-14)15-18-19-16(25)20(15)17-10-11-2-6-13(7-3-11)21(22)23/h2-10H,1H3,(H,19,25). The molecular weight excluding hydrogens is 342 g/mol. The molecule has 0 aliphatic heterocycles. The van der Waals surface area contributed by atoms with Gasteiger partial charge in [-0.1, -0.05) is 0 Å². The van der Waals surface area contributed by atoms with Gasteiger partial charge in [0.05, 0.1) is 18.2 Å². The van der Waals surface area contributed by atoms with E-state index in [2.05, 4.69) is 15.3 Å². The SMILES string of the molecule is COc1ccc(-c2n[nH]c(=S)n2N=Cc2ccc([N+](=O)[O-])cc2)cc1. The molecular formula is C16H13N5O3S. The molecule has 1 heterocycles. The third-order valence-electron chi connectivity index (χ3n) is 3.42. The monoisotopic (exact) mass is 355 g/mol. The van der Waals surface area contributed by atoms with Gasteiger partial charge in [-0.3, -0.25) is 10.1 Å². The summed E-state index contributed by atoms with van der Waals surface area (Å²) in [5.41, 5.74) is 1.54. The number of rotatable bonds is 5. The predicted octanol–water partition coefficient (Wildman–Crippen LogP) is 3.41. The molecule has 0 fully saturated rings. The molecule has 0 saturated heterocycles. The van der Waals surface area contributed by atoms with Crippen LogP contribution in [0.5, 0.6) is 5.75 Å². The number of aromatic amines is 1. The van der Waals surface area contributed by atoms with Crippen LogP contribution in [0.3, 0.4) is 0 Å². The van der Waals surface area contributed by atoms with Gasteiger partial charge in [0.1, 0.15) is 5.75 Å². The highest BCUT2D eigenvalue weighted by molar-refractivity contribution is 7.71. The Morgan fingerprint density at radius 3 is 2.52 bits per heavy atom. The van der Waals surface area contributed by atoms with Crippen LogP contribution in [0.4, 0.5) is 5.69 Å². The minimum Gasteiger partial charge on any atom is -0.497 e. The van der Waals surface area contributed by atoms with Gasteiger partial charge in [0.2, 0.25) is 4.77 Å². The lowest BCUT2D eigenvalue weighted by molar-refractivity contribution is -0.384. The fraction of sp³-hybridized carbons (Fsp3) is 0.0625. The van der Waals surface area contributed by atoms with Crippen molar-refractivity contribution in [2.75, 3.05) is 7.11 Å². The molecule has 0 spiro atoms. The van der Waals surface area contributed by atoms with E-state index in [4.69, 9.17) is 17.0 Å². The Kier molecular flexibility index (Phi) is 4.66. The fourth-order valence-corrected chi connectivity index (χ4v) is 2.31. The summed E-state index contributed by atoms with van der Waals surface area (Å²) in [6.45, 7) is 0. The van der Waals surface area contributed by atoms with Crippen LogP contribution in [0.15, 0.2) is 53.6 Å². The van der Waals surface area contributed by atoms with Crippen molar-refractivity contribution in [3.05, 3.63) is 69.0 Å². The first-order valence-electron chi connectivity index (χ1n) is 7.19. The van der Waals surface area contributed by atoms with Crippen molar-refractivity contribution in [1.29, 1.82) is 0 Å². The molecule has 0 saturated carbocycles. The quantitative estimate of drug-likeness (QED) is 0.327. The van der Waals surface area contributed by atoms with Crippen molar-refractivity contribution in [3.63, 3.8) is 0 Å². The first-order valence-corrected chi connectivity index (χ1v) is 7.60. The number of hydrogen-bond donors (Lipinski definition) is 1. The molecule has 1 aromatic heterocycles. The fourth-order valence-electron chi connectivity index (χ4n) is 2.13. The number of nitrogens with zero attached hydrogens (tertiary/aromatic N) is 4. The Morgan fingerprint density at radius 2 is 1.92 bits per heavy atom. The summed E-state index contributed by atoms with van der Waals surface area (Å²) in [6.07, 6.45) is 1.56. The highest BCUT2D eigenvalue weighted by Crippen LogP contribution is 2.21. The lowest BCUT2D eigenvalue weighted by Gasteiger charge is -2.03. The summed E-state index contributed by atoms with van der Waals surface area (Å²) in [7, 11) is 1.60. The molecule has 0 unspecified atom stereocenters. The van der Waals surface area contributed by atoms with Crippen molar-refractivity contribution >= 4 is 24.1 Å². The molecule has 0 amide bonds. The third-order valence-corrected chi connectivity index (χ3v) is 3.69. The lowest BCUT2D eigenvalue weighted by Crippen LogP contribution is -1.95. The normalized spacial score (nSPS) is 10.9. The highest BCUT2D eigenvalue weighted by Gasteiger charge is 2.08. The summed E-state index contributed by atoms with van der Waals surface area (Å²) in [5, 5.41) is 21.9. The Hall–Kier alpha value is -3.33. The third kappa shape index (κ3) is 3.61. The van der Waals surface area contributed by atoms with Crippen LogP contribution < -0.4 is 4.74 Å². The van der Waals surface area contributed by atoms with Crippen molar-refractivity contribution in [2.45, 2.75) is 0 Å².